The summed E-state index contributed by atoms with van der Waals surface area (Å²) >= 11 is 0. The van der Waals surface area contributed by atoms with Crippen LogP contribution < -0.4 is 5.32 Å². The zero-order valence-electron chi connectivity index (χ0n) is 16.6. The number of amides is 1. The topological polar surface area (TPSA) is 73.0 Å². The first kappa shape index (κ1) is 18.7. The van der Waals surface area contributed by atoms with Gasteiger partial charge in [-0.1, -0.05) is 65.8 Å². The third-order valence-corrected chi connectivity index (χ3v) is 4.93. The number of benzene rings is 2. The second kappa shape index (κ2) is 7.75. The first-order valence-electron chi connectivity index (χ1n) is 9.45. The molecule has 6 nitrogen and oxygen atoms in total. The summed E-state index contributed by atoms with van der Waals surface area (Å²) in [6.07, 6.45) is 0. The Labute approximate surface area is 169 Å². The molecule has 0 atom stereocenters. The number of carbonyl (C=O) groups excluding carboxylic acids is 1. The van der Waals surface area contributed by atoms with Crippen LogP contribution in [0.25, 0.3) is 11.3 Å². The van der Waals surface area contributed by atoms with E-state index in [0.29, 0.717) is 29.2 Å². The fourth-order valence-corrected chi connectivity index (χ4v) is 3.40. The number of anilines is 1. The Morgan fingerprint density at radius 3 is 2.34 bits per heavy atom. The highest BCUT2D eigenvalue weighted by molar-refractivity contribution is 6.09. The highest BCUT2D eigenvalue weighted by Gasteiger charge is 2.23. The van der Waals surface area contributed by atoms with Gasteiger partial charge in [-0.05, 0) is 26.3 Å². The zero-order valence-corrected chi connectivity index (χ0v) is 16.6. The van der Waals surface area contributed by atoms with Crippen LogP contribution in [0.5, 0.6) is 0 Å². The lowest BCUT2D eigenvalue weighted by Gasteiger charge is -2.08. The van der Waals surface area contributed by atoms with Crippen molar-refractivity contribution in [2.45, 2.75) is 27.3 Å². The molecule has 2 aromatic carbocycles. The first-order chi connectivity index (χ1) is 14.0. The van der Waals surface area contributed by atoms with E-state index in [-0.39, 0.29) is 5.91 Å². The Balaban J connectivity index is 1.63. The maximum atomic E-state index is 13.1. The van der Waals surface area contributed by atoms with Gasteiger partial charge in [-0.25, -0.2) is 0 Å². The van der Waals surface area contributed by atoms with E-state index in [1.807, 2.05) is 67.1 Å². The van der Waals surface area contributed by atoms with Gasteiger partial charge in [0.25, 0.3) is 5.91 Å². The van der Waals surface area contributed by atoms with Crippen LogP contribution in [0, 0.1) is 20.8 Å². The Bertz CT molecular complexity index is 1140. The molecule has 4 rings (SSSR count). The molecule has 0 aliphatic rings. The minimum absolute atomic E-state index is 0.256. The number of aryl methyl sites for hydroxylation is 2. The number of hydrogen-bond donors (Lipinski definition) is 1. The molecule has 0 aliphatic carbocycles. The number of aromatic nitrogens is 3. The van der Waals surface area contributed by atoms with Crippen molar-refractivity contribution in [1.82, 2.24) is 14.9 Å². The number of carbonyl (C=O) groups is 1. The Kier molecular flexibility index (Phi) is 4.99. The second-order valence-corrected chi connectivity index (χ2v) is 6.97. The molecule has 0 bridgehead atoms. The average Bonchev–Trinajstić information content (AvgIpc) is 3.24. The number of nitrogens with zero attached hydrogens (tertiary/aromatic N) is 3. The van der Waals surface area contributed by atoms with Gasteiger partial charge in [0.15, 0.2) is 0 Å². The van der Waals surface area contributed by atoms with Crippen molar-refractivity contribution in [2.24, 2.45) is 0 Å². The lowest BCUT2D eigenvalue weighted by molar-refractivity contribution is 0.102. The lowest BCUT2D eigenvalue weighted by Crippen LogP contribution is -2.15. The van der Waals surface area contributed by atoms with Crippen molar-refractivity contribution in [3.8, 4) is 11.3 Å². The Hall–Kier alpha value is -3.67. The molecule has 0 unspecified atom stereocenters. The van der Waals surface area contributed by atoms with Crippen LogP contribution in [0.4, 0.5) is 5.69 Å². The van der Waals surface area contributed by atoms with Crippen molar-refractivity contribution in [3.05, 3.63) is 88.9 Å². The predicted molar refractivity (Wildman–Crippen MR) is 112 cm³/mol. The maximum absolute atomic E-state index is 13.1. The van der Waals surface area contributed by atoms with Gasteiger partial charge in [-0.2, -0.15) is 5.10 Å². The summed E-state index contributed by atoms with van der Waals surface area (Å²) < 4.78 is 7.22. The predicted octanol–water partition coefficient (Wildman–Crippen LogP) is 4.76. The van der Waals surface area contributed by atoms with Gasteiger partial charge < -0.3 is 9.84 Å². The minimum atomic E-state index is -0.256. The first-order valence-corrected chi connectivity index (χ1v) is 9.45. The number of nitrogens with one attached hydrogen (secondary N) is 1. The van der Waals surface area contributed by atoms with Crippen LogP contribution in [-0.2, 0) is 6.54 Å². The second-order valence-electron chi connectivity index (χ2n) is 6.97. The summed E-state index contributed by atoms with van der Waals surface area (Å²) in [6.45, 7) is 6.23. The smallest absolute Gasteiger partial charge is 0.261 e. The molecule has 2 heterocycles. The Morgan fingerprint density at radius 1 is 1.00 bits per heavy atom. The van der Waals surface area contributed by atoms with Crippen LogP contribution in [0.2, 0.25) is 0 Å². The molecule has 0 aliphatic heterocycles. The van der Waals surface area contributed by atoms with Gasteiger partial charge in [0, 0.05) is 5.56 Å². The van der Waals surface area contributed by atoms with E-state index < -0.39 is 0 Å². The summed E-state index contributed by atoms with van der Waals surface area (Å²) in [6, 6.07) is 19.7. The van der Waals surface area contributed by atoms with Crippen molar-refractivity contribution in [2.75, 3.05) is 5.32 Å². The molecule has 0 spiro atoms. The van der Waals surface area contributed by atoms with E-state index >= 15 is 0 Å². The molecule has 4 aromatic rings. The maximum Gasteiger partial charge on any atom is 0.261 e. The van der Waals surface area contributed by atoms with Gasteiger partial charge in [0.05, 0.1) is 23.6 Å². The highest BCUT2D eigenvalue weighted by atomic mass is 16.5. The van der Waals surface area contributed by atoms with Crippen molar-refractivity contribution >= 4 is 11.6 Å². The summed E-state index contributed by atoms with van der Waals surface area (Å²) in [7, 11) is 0. The van der Waals surface area contributed by atoms with E-state index in [4.69, 9.17) is 4.52 Å². The molecule has 6 heteroatoms. The third kappa shape index (κ3) is 3.69. The normalized spacial score (nSPS) is 10.9. The van der Waals surface area contributed by atoms with Gasteiger partial charge in [-0.15, -0.1) is 0 Å². The molecule has 146 valence electrons. The van der Waals surface area contributed by atoms with Gasteiger partial charge in [-0.3, -0.25) is 9.48 Å². The van der Waals surface area contributed by atoms with Crippen LogP contribution in [0.15, 0.2) is 65.2 Å². The summed E-state index contributed by atoms with van der Waals surface area (Å²) in [5.41, 5.74) is 5.33. The quantitative estimate of drug-likeness (QED) is 0.536. The average molecular weight is 386 g/mol. The molecular weight excluding hydrogens is 364 g/mol. The Morgan fingerprint density at radius 2 is 1.66 bits per heavy atom. The molecule has 29 heavy (non-hydrogen) atoms. The lowest BCUT2D eigenvalue weighted by atomic mass is 10.1. The van der Waals surface area contributed by atoms with Crippen molar-refractivity contribution in [1.29, 1.82) is 0 Å². The molecule has 0 fully saturated rings. The van der Waals surface area contributed by atoms with Crippen molar-refractivity contribution < 1.29 is 9.32 Å². The van der Waals surface area contributed by atoms with E-state index in [1.165, 1.54) is 0 Å². The standard InChI is InChI=1S/C23H22N4O2/c1-15-21(16(2)27(25-15)14-18-10-6-4-7-11-18)24-23(28)20-17(3)29-26-22(20)19-12-8-5-9-13-19/h4-13H,14H2,1-3H3,(H,24,28). The monoisotopic (exact) mass is 386 g/mol. The molecule has 0 radical (unpaired) electrons. The number of rotatable bonds is 5. The molecule has 2 aromatic heterocycles. The molecule has 0 saturated heterocycles. The summed E-state index contributed by atoms with van der Waals surface area (Å²) in [4.78, 5) is 13.1. The molecule has 1 amide bonds. The van der Waals surface area contributed by atoms with Gasteiger partial charge >= 0.3 is 0 Å². The molecular formula is C23H22N4O2. The molecule has 1 N–H and O–H groups in total. The summed E-state index contributed by atoms with van der Waals surface area (Å²) in [5, 5.41) is 11.7. The third-order valence-electron chi connectivity index (χ3n) is 4.93. The van der Waals surface area contributed by atoms with Crippen molar-refractivity contribution in [3.63, 3.8) is 0 Å². The van der Waals surface area contributed by atoms with E-state index in [9.17, 15) is 4.79 Å². The van der Waals surface area contributed by atoms with Gasteiger partial charge in [0.2, 0.25) is 0 Å². The van der Waals surface area contributed by atoms with Crippen LogP contribution >= 0.6 is 0 Å². The van der Waals surface area contributed by atoms with Gasteiger partial charge in [0.1, 0.15) is 17.0 Å². The minimum Gasteiger partial charge on any atom is -0.360 e. The molecule has 0 saturated carbocycles. The van der Waals surface area contributed by atoms with Crippen LogP contribution in [0.1, 0.15) is 33.1 Å². The van der Waals surface area contributed by atoms with E-state index in [1.54, 1.807) is 6.92 Å². The van der Waals surface area contributed by atoms with E-state index in [0.717, 1.165) is 22.5 Å². The fraction of sp³-hybridized carbons (Fsp3) is 0.174. The number of hydrogen-bond acceptors (Lipinski definition) is 4. The summed E-state index contributed by atoms with van der Waals surface area (Å²) in [5.74, 6) is 0.224. The fourth-order valence-electron chi connectivity index (χ4n) is 3.40. The highest BCUT2D eigenvalue weighted by Crippen LogP contribution is 2.27. The van der Waals surface area contributed by atoms with Crippen LogP contribution in [0.3, 0.4) is 0 Å². The van der Waals surface area contributed by atoms with E-state index in [2.05, 4.69) is 27.7 Å². The largest absolute Gasteiger partial charge is 0.360 e. The van der Waals surface area contributed by atoms with Crippen LogP contribution in [-0.4, -0.2) is 20.8 Å². The zero-order chi connectivity index (χ0) is 20.4. The SMILES string of the molecule is Cc1nn(Cc2ccccc2)c(C)c1NC(=O)c1c(-c2ccccc2)noc1C.